The Bertz CT molecular complexity index is 351. The Balaban J connectivity index is 2.04. The molecule has 0 N–H and O–H groups in total. The highest BCUT2D eigenvalue weighted by Crippen LogP contribution is 2.19. The lowest BCUT2D eigenvalue weighted by Gasteiger charge is -2.14. The zero-order chi connectivity index (χ0) is 9.97. The molecule has 0 spiro atoms. The fourth-order valence-corrected chi connectivity index (χ4v) is 2.10. The SMILES string of the molecule is O=C1CCN(Cc2ccccc2Br)C1. The van der Waals surface area contributed by atoms with Gasteiger partial charge in [0.1, 0.15) is 5.78 Å². The summed E-state index contributed by atoms with van der Waals surface area (Å²) in [5, 5.41) is 0. The second-order valence-corrected chi connectivity index (χ2v) is 4.45. The number of nitrogens with zero attached hydrogens (tertiary/aromatic N) is 1. The largest absolute Gasteiger partial charge is 0.298 e. The van der Waals surface area contributed by atoms with Gasteiger partial charge in [0.25, 0.3) is 0 Å². The van der Waals surface area contributed by atoms with E-state index in [4.69, 9.17) is 0 Å². The molecule has 1 fully saturated rings. The van der Waals surface area contributed by atoms with Crippen LogP contribution >= 0.6 is 15.9 Å². The fourth-order valence-electron chi connectivity index (χ4n) is 1.69. The summed E-state index contributed by atoms with van der Waals surface area (Å²) in [7, 11) is 0. The van der Waals surface area contributed by atoms with Gasteiger partial charge in [-0.3, -0.25) is 9.69 Å². The van der Waals surface area contributed by atoms with Crippen LogP contribution in [0, 0.1) is 0 Å². The topological polar surface area (TPSA) is 20.3 Å². The van der Waals surface area contributed by atoms with Crippen molar-refractivity contribution in [2.45, 2.75) is 13.0 Å². The van der Waals surface area contributed by atoms with Gasteiger partial charge in [-0.2, -0.15) is 0 Å². The standard InChI is InChI=1S/C11H12BrNO/c12-11-4-2-1-3-9(11)7-13-6-5-10(14)8-13/h1-4H,5-8H2. The summed E-state index contributed by atoms with van der Waals surface area (Å²) in [5.41, 5.74) is 1.25. The van der Waals surface area contributed by atoms with E-state index in [0.29, 0.717) is 18.7 Å². The van der Waals surface area contributed by atoms with Crippen LogP contribution in [0.4, 0.5) is 0 Å². The van der Waals surface area contributed by atoms with Crippen molar-refractivity contribution in [1.29, 1.82) is 0 Å². The smallest absolute Gasteiger partial charge is 0.148 e. The summed E-state index contributed by atoms with van der Waals surface area (Å²) < 4.78 is 1.12. The molecule has 0 aliphatic carbocycles. The minimum absolute atomic E-state index is 0.358. The highest BCUT2D eigenvalue weighted by Gasteiger charge is 2.19. The first kappa shape index (κ1) is 9.87. The van der Waals surface area contributed by atoms with E-state index in [1.54, 1.807) is 0 Å². The van der Waals surface area contributed by atoms with Gasteiger partial charge in [0.05, 0.1) is 6.54 Å². The van der Waals surface area contributed by atoms with Crippen molar-refractivity contribution < 1.29 is 4.79 Å². The second-order valence-electron chi connectivity index (χ2n) is 3.59. The number of benzene rings is 1. The molecule has 3 heteroatoms. The number of carbonyl (C=O) groups is 1. The van der Waals surface area contributed by atoms with Crippen LogP contribution in [-0.2, 0) is 11.3 Å². The van der Waals surface area contributed by atoms with Crippen LogP contribution in [0.25, 0.3) is 0 Å². The summed E-state index contributed by atoms with van der Waals surface area (Å²) >= 11 is 3.51. The van der Waals surface area contributed by atoms with Gasteiger partial charge in [0, 0.05) is 24.0 Å². The normalized spacial score (nSPS) is 17.6. The van der Waals surface area contributed by atoms with E-state index in [0.717, 1.165) is 17.6 Å². The van der Waals surface area contributed by atoms with Crippen molar-refractivity contribution in [1.82, 2.24) is 4.90 Å². The summed E-state index contributed by atoms with van der Waals surface area (Å²) in [6, 6.07) is 8.15. The molecule has 1 saturated heterocycles. The van der Waals surface area contributed by atoms with Gasteiger partial charge in [0.2, 0.25) is 0 Å². The van der Waals surface area contributed by atoms with Crippen molar-refractivity contribution in [3.63, 3.8) is 0 Å². The van der Waals surface area contributed by atoms with E-state index < -0.39 is 0 Å². The van der Waals surface area contributed by atoms with Gasteiger partial charge in [0.15, 0.2) is 0 Å². The lowest BCUT2D eigenvalue weighted by molar-refractivity contribution is -0.116. The maximum atomic E-state index is 11.1. The van der Waals surface area contributed by atoms with Crippen molar-refractivity contribution in [2.75, 3.05) is 13.1 Å². The third-order valence-corrected chi connectivity index (χ3v) is 3.23. The van der Waals surface area contributed by atoms with Gasteiger partial charge in [-0.1, -0.05) is 34.1 Å². The van der Waals surface area contributed by atoms with E-state index in [1.807, 2.05) is 18.2 Å². The van der Waals surface area contributed by atoms with Crippen molar-refractivity contribution in [3.05, 3.63) is 34.3 Å². The van der Waals surface area contributed by atoms with Gasteiger partial charge in [-0.25, -0.2) is 0 Å². The minimum Gasteiger partial charge on any atom is -0.298 e. The van der Waals surface area contributed by atoms with E-state index in [9.17, 15) is 4.79 Å². The Labute approximate surface area is 92.0 Å². The number of likely N-dealkylation sites (tertiary alicyclic amines) is 1. The molecule has 1 aromatic carbocycles. The number of carbonyl (C=O) groups excluding carboxylic acids is 1. The lowest BCUT2D eigenvalue weighted by Crippen LogP contribution is -2.20. The van der Waals surface area contributed by atoms with E-state index in [-0.39, 0.29) is 0 Å². The van der Waals surface area contributed by atoms with Gasteiger partial charge in [-0.05, 0) is 11.6 Å². The first-order valence-corrected chi connectivity index (χ1v) is 5.52. The average molecular weight is 254 g/mol. The number of hydrogen-bond acceptors (Lipinski definition) is 2. The molecule has 74 valence electrons. The predicted octanol–water partition coefficient (Wildman–Crippen LogP) is 2.22. The first-order valence-electron chi connectivity index (χ1n) is 4.73. The molecule has 2 nitrogen and oxygen atoms in total. The zero-order valence-electron chi connectivity index (χ0n) is 7.87. The molecule has 1 aromatic rings. The number of ketones is 1. The van der Waals surface area contributed by atoms with Crippen LogP contribution in [0.3, 0.4) is 0 Å². The summed E-state index contributed by atoms with van der Waals surface area (Å²) in [5.74, 6) is 0.358. The molecular weight excluding hydrogens is 242 g/mol. The highest BCUT2D eigenvalue weighted by molar-refractivity contribution is 9.10. The van der Waals surface area contributed by atoms with Gasteiger partial charge < -0.3 is 0 Å². The highest BCUT2D eigenvalue weighted by atomic mass is 79.9. The maximum Gasteiger partial charge on any atom is 0.148 e. The molecule has 0 aromatic heterocycles. The Morgan fingerprint density at radius 2 is 2.14 bits per heavy atom. The zero-order valence-corrected chi connectivity index (χ0v) is 9.46. The van der Waals surface area contributed by atoms with Crippen LogP contribution in [0.5, 0.6) is 0 Å². The molecule has 0 radical (unpaired) electrons. The Morgan fingerprint density at radius 3 is 2.79 bits per heavy atom. The lowest BCUT2D eigenvalue weighted by atomic mass is 10.2. The quantitative estimate of drug-likeness (QED) is 0.806. The third-order valence-electron chi connectivity index (χ3n) is 2.46. The van der Waals surface area contributed by atoms with Crippen molar-refractivity contribution >= 4 is 21.7 Å². The molecule has 0 atom stereocenters. The molecule has 14 heavy (non-hydrogen) atoms. The molecular formula is C11H12BrNO. The maximum absolute atomic E-state index is 11.1. The number of hydrogen-bond donors (Lipinski definition) is 0. The van der Waals surface area contributed by atoms with Gasteiger partial charge >= 0.3 is 0 Å². The second kappa shape index (κ2) is 4.24. The summed E-state index contributed by atoms with van der Waals surface area (Å²) in [6.07, 6.45) is 0.713. The monoisotopic (exact) mass is 253 g/mol. The van der Waals surface area contributed by atoms with E-state index in [1.165, 1.54) is 5.56 Å². The molecule has 0 saturated carbocycles. The van der Waals surface area contributed by atoms with Crippen LogP contribution < -0.4 is 0 Å². The molecule has 1 heterocycles. The molecule has 0 unspecified atom stereocenters. The van der Waals surface area contributed by atoms with Crippen molar-refractivity contribution in [3.8, 4) is 0 Å². The van der Waals surface area contributed by atoms with Gasteiger partial charge in [-0.15, -0.1) is 0 Å². The predicted molar refractivity (Wildman–Crippen MR) is 59.0 cm³/mol. The number of rotatable bonds is 2. The van der Waals surface area contributed by atoms with Crippen LogP contribution in [0.2, 0.25) is 0 Å². The summed E-state index contributed by atoms with van der Waals surface area (Å²) in [6.45, 7) is 2.38. The van der Waals surface area contributed by atoms with Crippen LogP contribution in [0.1, 0.15) is 12.0 Å². The number of Topliss-reactive ketones (excluding diaryl/α,β-unsaturated/α-hetero) is 1. The molecule has 2 rings (SSSR count). The average Bonchev–Trinajstić information content (AvgIpc) is 2.56. The Hall–Kier alpha value is -0.670. The first-order chi connectivity index (χ1) is 6.75. The molecule has 1 aliphatic rings. The van der Waals surface area contributed by atoms with E-state index >= 15 is 0 Å². The Morgan fingerprint density at radius 1 is 1.36 bits per heavy atom. The van der Waals surface area contributed by atoms with Crippen LogP contribution in [-0.4, -0.2) is 23.8 Å². The number of halogens is 1. The van der Waals surface area contributed by atoms with E-state index in [2.05, 4.69) is 26.9 Å². The fraction of sp³-hybridized carbons (Fsp3) is 0.364. The molecule has 0 amide bonds. The Kier molecular flexibility index (Phi) is 2.99. The minimum atomic E-state index is 0.358. The molecule has 0 bridgehead atoms. The van der Waals surface area contributed by atoms with Crippen LogP contribution in [0.15, 0.2) is 28.7 Å². The van der Waals surface area contributed by atoms with Crippen molar-refractivity contribution in [2.24, 2.45) is 0 Å². The third kappa shape index (κ3) is 2.22. The summed E-state index contributed by atoms with van der Waals surface area (Å²) in [4.78, 5) is 13.3. The molecule has 1 aliphatic heterocycles.